The van der Waals surface area contributed by atoms with Crippen LogP contribution < -0.4 is 14.2 Å². The average Bonchev–Trinajstić information content (AvgIpc) is 3.11. The molecule has 0 aliphatic rings. The Labute approximate surface area is 140 Å². The van der Waals surface area contributed by atoms with Gasteiger partial charge in [0.15, 0.2) is 17.3 Å². The molecular formula is C19H19NO4. The Morgan fingerprint density at radius 3 is 2.25 bits per heavy atom. The number of aromatic nitrogens is 1. The molecule has 0 aliphatic carbocycles. The first-order valence-electron chi connectivity index (χ1n) is 7.50. The highest BCUT2D eigenvalue weighted by Gasteiger charge is 2.18. The van der Waals surface area contributed by atoms with Gasteiger partial charge < -0.3 is 18.7 Å². The lowest BCUT2D eigenvalue weighted by Gasteiger charge is -2.12. The maximum Gasteiger partial charge on any atom is 0.172 e. The molecule has 0 N–H and O–H groups in total. The van der Waals surface area contributed by atoms with Crippen LogP contribution in [0.2, 0.25) is 0 Å². The van der Waals surface area contributed by atoms with Gasteiger partial charge in [-0.15, -0.1) is 0 Å². The predicted molar refractivity (Wildman–Crippen MR) is 91.8 cm³/mol. The van der Waals surface area contributed by atoms with E-state index in [2.05, 4.69) is 5.16 Å². The van der Waals surface area contributed by atoms with Gasteiger partial charge in [-0.2, -0.15) is 0 Å². The van der Waals surface area contributed by atoms with Gasteiger partial charge in [-0.05, 0) is 13.0 Å². The minimum absolute atomic E-state index is 0.570. The lowest BCUT2D eigenvalue weighted by molar-refractivity contribution is 0.348. The second-order valence-corrected chi connectivity index (χ2v) is 5.35. The minimum atomic E-state index is 0.570. The second-order valence-electron chi connectivity index (χ2n) is 5.35. The van der Waals surface area contributed by atoms with Gasteiger partial charge in [0.1, 0.15) is 11.4 Å². The molecule has 0 saturated carbocycles. The molecule has 2 aromatic carbocycles. The van der Waals surface area contributed by atoms with Crippen molar-refractivity contribution in [2.24, 2.45) is 0 Å². The summed E-state index contributed by atoms with van der Waals surface area (Å²) in [6.07, 6.45) is 0. The molecule has 0 bridgehead atoms. The minimum Gasteiger partial charge on any atom is -0.497 e. The molecule has 0 amide bonds. The average molecular weight is 325 g/mol. The normalized spacial score (nSPS) is 10.5. The summed E-state index contributed by atoms with van der Waals surface area (Å²) in [5.41, 5.74) is 3.67. The van der Waals surface area contributed by atoms with E-state index >= 15 is 0 Å². The van der Waals surface area contributed by atoms with E-state index in [1.54, 1.807) is 27.4 Å². The van der Waals surface area contributed by atoms with E-state index in [1.807, 2.05) is 43.3 Å². The topological polar surface area (TPSA) is 53.7 Å². The zero-order valence-corrected chi connectivity index (χ0v) is 14.1. The molecule has 3 rings (SSSR count). The fourth-order valence-electron chi connectivity index (χ4n) is 2.50. The van der Waals surface area contributed by atoms with E-state index in [1.165, 1.54) is 5.56 Å². The number of nitrogens with zero attached hydrogens (tertiary/aromatic N) is 1. The number of hydrogen-bond acceptors (Lipinski definition) is 5. The third-order valence-corrected chi connectivity index (χ3v) is 3.81. The van der Waals surface area contributed by atoms with Gasteiger partial charge in [-0.1, -0.05) is 35.0 Å². The first kappa shape index (κ1) is 15.9. The van der Waals surface area contributed by atoms with Crippen LogP contribution in [0.25, 0.3) is 22.6 Å². The van der Waals surface area contributed by atoms with Crippen LogP contribution in [0.3, 0.4) is 0 Å². The van der Waals surface area contributed by atoms with Gasteiger partial charge in [-0.3, -0.25) is 0 Å². The van der Waals surface area contributed by atoms with E-state index in [0.29, 0.717) is 23.0 Å². The lowest BCUT2D eigenvalue weighted by Crippen LogP contribution is -1.95. The molecule has 24 heavy (non-hydrogen) atoms. The number of benzene rings is 2. The smallest absolute Gasteiger partial charge is 0.172 e. The Balaban J connectivity index is 2.07. The molecule has 1 heterocycles. The van der Waals surface area contributed by atoms with Crippen LogP contribution in [0.15, 0.2) is 47.0 Å². The maximum absolute atomic E-state index is 5.54. The number of ether oxygens (including phenoxy) is 3. The van der Waals surface area contributed by atoms with E-state index in [0.717, 1.165) is 16.8 Å². The SMILES string of the molecule is COc1cc(OC)c(OC)c(-c2cc(-c3ccc(C)cc3)no2)c1. The van der Waals surface area contributed by atoms with Crippen LogP contribution in [0.5, 0.6) is 17.2 Å². The number of hydrogen-bond donors (Lipinski definition) is 0. The summed E-state index contributed by atoms with van der Waals surface area (Å²) in [7, 11) is 4.77. The summed E-state index contributed by atoms with van der Waals surface area (Å²) in [5.74, 6) is 2.38. The Morgan fingerprint density at radius 2 is 1.62 bits per heavy atom. The Kier molecular flexibility index (Phi) is 4.42. The Bertz CT molecular complexity index is 837. The van der Waals surface area contributed by atoms with Crippen LogP contribution in [0.4, 0.5) is 0 Å². The Morgan fingerprint density at radius 1 is 0.875 bits per heavy atom. The van der Waals surface area contributed by atoms with E-state index in [9.17, 15) is 0 Å². The molecule has 5 heteroatoms. The summed E-state index contributed by atoms with van der Waals surface area (Å²) in [6.45, 7) is 2.05. The monoisotopic (exact) mass is 325 g/mol. The van der Waals surface area contributed by atoms with Gasteiger partial charge in [0.25, 0.3) is 0 Å². The summed E-state index contributed by atoms with van der Waals surface area (Å²) >= 11 is 0. The molecular weight excluding hydrogens is 306 g/mol. The van der Waals surface area contributed by atoms with E-state index < -0.39 is 0 Å². The van der Waals surface area contributed by atoms with Crippen molar-refractivity contribution in [1.29, 1.82) is 0 Å². The highest BCUT2D eigenvalue weighted by molar-refractivity contribution is 5.75. The van der Waals surface area contributed by atoms with Crippen molar-refractivity contribution >= 4 is 0 Å². The van der Waals surface area contributed by atoms with Crippen molar-refractivity contribution in [1.82, 2.24) is 5.16 Å². The van der Waals surface area contributed by atoms with Gasteiger partial charge in [0, 0.05) is 17.7 Å². The summed E-state index contributed by atoms with van der Waals surface area (Å²) in [6, 6.07) is 13.6. The molecule has 0 saturated heterocycles. The van der Waals surface area contributed by atoms with Gasteiger partial charge in [-0.25, -0.2) is 0 Å². The summed E-state index contributed by atoms with van der Waals surface area (Å²) < 4.78 is 21.7. The standard InChI is InChI=1S/C19H19NO4/c1-12-5-7-13(8-6-12)16-11-17(24-20-16)15-9-14(21-2)10-18(22-3)19(15)23-4/h5-11H,1-4H3. The summed E-state index contributed by atoms with van der Waals surface area (Å²) in [5, 5.41) is 4.17. The molecule has 0 atom stereocenters. The van der Waals surface area contributed by atoms with Crippen LogP contribution >= 0.6 is 0 Å². The molecule has 0 spiro atoms. The molecule has 0 aliphatic heterocycles. The fraction of sp³-hybridized carbons (Fsp3) is 0.211. The maximum atomic E-state index is 5.54. The zero-order valence-electron chi connectivity index (χ0n) is 14.1. The third kappa shape index (κ3) is 2.93. The zero-order chi connectivity index (χ0) is 17.1. The van der Waals surface area contributed by atoms with E-state index in [4.69, 9.17) is 18.7 Å². The van der Waals surface area contributed by atoms with Crippen molar-refractivity contribution in [3.8, 4) is 39.8 Å². The lowest BCUT2D eigenvalue weighted by atomic mass is 10.1. The van der Waals surface area contributed by atoms with Crippen molar-refractivity contribution in [3.63, 3.8) is 0 Å². The highest BCUT2D eigenvalue weighted by atomic mass is 16.5. The van der Waals surface area contributed by atoms with Crippen molar-refractivity contribution in [2.45, 2.75) is 6.92 Å². The van der Waals surface area contributed by atoms with Gasteiger partial charge >= 0.3 is 0 Å². The molecule has 3 aromatic rings. The predicted octanol–water partition coefficient (Wildman–Crippen LogP) is 4.34. The van der Waals surface area contributed by atoms with Gasteiger partial charge in [0.2, 0.25) is 0 Å². The largest absolute Gasteiger partial charge is 0.497 e. The first-order valence-corrected chi connectivity index (χ1v) is 7.50. The fourth-order valence-corrected chi connectivity index (χ4v) is 2.50. The number of aryl methyl sites for hydroxylation is 1. The molecule has 1 aromatic heterocycles. The molecule has 124 valence electrons. The van der Waals surface area contributed by atoms with Crippen molar-refractivity contribution in [3.05, 3.63) is 48.0 Å². The highest BCUT2D eigenvalue weighted by Crippen LogP contribution is 2.42. The molecule has 0 fully saturated rings. The van der Waals surface area contributed by atoms with Crippen molar-refractivity contribution in [2.75, 3.05) is 21.3 Å². The van der Waals surface area contributed by atoms with Crippen LogP contribution in [0.1, 0.15) is 5.56 Å². The molecule has 0 radical (unpaired) electrons. The van der Waals surface area contributed by atoms with Crippen LogP contribution in [-0.2, 0) is 0 Å². The first-order chi connectivity index (χ1) is 11.7. The molecule has 5 nitrogen and oxygen atoms in total. The summed E-state index contributed by atoms with van der Waals surface area (Å²) in [4.78, 5) is 0. The number of methoxy groups -OCH3 is 3. The van der Waals surface area contributed by atoms with Crippen LogP contribution in [-0.4, -0.2) is 26.5 Å². The Hall–Kier alpha value is -2.95. The quantitative estimate of drug-likeness (QED) is 0.698. The third-order valence-electron chi connectivity index (χ3n) is 3.81. The second kappa shape index (κ2) is 6.66. The van der Waals surface area contributed by atoms with Crippen LogP contribution in [0, 0.1) is 6.92 Å². The molecule has 0 unspecified atom stereocenters. The van der Waals surface area contributed by atoms with Crippen molar-refractivity contribution < 1.29 is 18.7 Å². The number of rotatable bonds is 5. The van der Waals surface area contributed by atoms with E-state index in [-0.39, 0.29) is 0 Å². The van der Waals surface area contributed by atoms with Gasteiger partial charge in [0.05, 0.1) is 26.9 Å².